The molecule has 1 unspecified atom stereocenters. The fourth-order valence-electron chi connectivity index (χ4n) is 1.74. The number of nitrogens with zero attached hydrogens (tertiary/aromatic N) is 2. The number of nitrogens with one attached hydrogen (secondary N) is 1. The third-order valence-electron chi connectivity index (χ3n) is 2.60. The van der Waals surface area contributed by atoms with Crippen LogP contribution >= 0.6 is 11.3 Å². The molecule has 0 radical (unpaired) electrons. The van der Waals surface area contributed by atoms with Crippen molar-refractivity contribution >= 4 is 11.3 Å². The maximum atomic E-state index is 4.93. The monoisotopic (exact) mass is 251 g/mol. The average Bonchev–Trinajstić information content (AvgIpc) is 2.96. The second-order valence-electron chi connectivity index (χ2n) is 3.91. The molecule has 2 heterocycles. The van der Waals surface area contributed by atoms with Gasteiger partial charge in [0, 0.05) is 30.8 Å². The molecule has 0 aliphatic carbocycles. The minimum atomic E-state index is 0.433. The zero-order chi connectivity index (χ0) is 12.1. The van der Waals surface area contributed by atoms with Gasteiger partial charge in [0.25, 0.3) is 0 Å². The van der Waals surface area contributed by atoms with E-state index in [1.165, 1.54) is 4.88 Å². The lowest BCUT2D eigenvalue weighted by Crippen LogP contribution is -2.22. The highest BCUT2D eigenvalue weighted by Crippen LogP contribution is 2.21. The van der Waals surface area contributed by atoms with Crippen LogP contribution in [0.25, 0.3) is 0 Å². The molecule has 17 heavy (non-hydrogen) atoms. The van der Waals surface area contributed by atoms with Crippen molar-refractivity contribution in [3.8, 4) is 0 Å². The standard InChI is InChI=1S/C12H17N3OS/c1-3-10(11-5-4-8-17-11)13-7-6-12-14-9(2)16-15-12/h4-5,8,10,13H,3,6-7H2,1-2H3. The van der Waals surface area contributed by atoms with Crippen LogP contribution < -0.4 is 5.32 Å². The van der Waals surface area contributed by atoms with E-state index in [1.807, 2.05) is 6.92 Å². The zero-order valence-electron chi connectivity index (χ0n) is 10.1. The van der Waals surface area contributed by atoms with Crippen LogP contribution in [0.2, 0.25) is 0 Å². The van der Waals surface area contributed by atoms with Crippen LogP contribution in [0.15, 0.2) is 22.0 Å². The first-order valence-corrected chi connectivity index (χ1v) is 6.73. The molecule has 2 rings (SSSR count). The molecule has 2 aromatic heterocycles. The Morgan fingerprint density at radius 2 is 2.41 bits per heavy atom. The van der Waals surface area contributed by atoms with Gasteiger partial charge in [-0.05, 0) is 17.9 Å². The van der Waals surface area contributed by atoms with Crippen molar-refractivity contribution in [2.45, 2.75) is 32.7 Å². The molecule has 0 bridgehead atoms. The minimum absolute atomic E-state index is 0.433. The average molecular weight is 251 g/mol. The summed E-state index contributed by atoms with van der Waals surface area (Å²) in [7, 11) is 0. The van der Waals surface area contributed by atoms with Gasteiger partial charge in [0.15, 0.2) is 5.82 Å². The van der Waals surface area contributed by atoms with Crippen LogP contribution in [0.1, 0.15) is 36.0 Å². The summed E-state index contributed by atoms with van der Waals surface area (Å²) in [6.07, 6.45) is 1.89. The van der Waals surface area contributed by atoms with Crippen molar-refractivity contribution in [3.05, 3.63) is 34.1 Å². The maximum absolute atomic E-state index is 4.93. The van der Waals surface area contributed by atoms with E-state index in [0.29, 0.717) is 11.9 Å². The fraction of sp³-hybridized carbons (Fsp3) is 0.500. The Balaban J connectivity index is 1.81. The zero-order valence-corrected chi connectivity index (χ0v) is 11.0. The molecular weight excluding hydrogens is 234 g/mol. The fourth-order valence-corrected chi connectivity index (χ4v) is 2.62. The Kier molecular flexibility index (Phi) is 4.28. The second-order valence-corrected chi connectivity index (χ2v) is 4.89. The van der Waals surface area contributed by atoms with Crippen molar-refractivity contribution in [1.29, 1.82) is 0 Å². The van der Waals surface area contributed by atoms with Gasteiger partial charge in [-0.25, -0.2) is 0 Å². The molecule has 1 atom stereocenters. The number of hydrogen-bond donors (Lipinski definition) is 1. The van der Waals surface area contributed by atoms with E-state index in [9.17, 15) is 0 Å². The molecular formula is C12H17N3OS. The third kappa shape index (κ3) is 3.38. The second kappa shape index (κ2) is 5.93. The largest absolute Gasteiger partial charge is 0.340 e. The molecule has 0 amide bonds. The van der Waals surface area contributed by atoms with E-state index in [2.05, 4.69) is 39.9 Å². The predicted octanol–water partition coefficient (Wildman–Crippen LogP) is 2.72. The molecule has 0 aliphatic heterocycles. The van der Waals surface area contributed by atoms with E-state index in [4.69, 9.17) is 4.52 Å². The van der Waals surface area contributed by atoms with Gasteiger partial charge in [-0.1, -0.05) is 18.1 Å². The van der Waals surface area contributed by atoms with Gasteiger partial charge in [-0.3, -0.25) is 0 Å². The van der Waals surface area contributed by atoms with E-state index in [1.54, 1.807) is 11.3 Å². The molecule has 0 fully saturated rings. The van der Waals surface area contributed by atoms with E-state index in [0.717, 1.165) is 25.2 Å². The summed E-state index contributed by atoms with van der Waals surface area (Å²) in [5.41, 5.74) is 0. The Bertz CT molecular complexity index is 438. The normalized spacial score (nSPS) is 12.8. The van der Waals surface area contributed by atoms with Crippen LogP contribution in [0, 0.1) is 6.92 Å². The van der Waals surface area contributed by atoms with E-state index < -0.39 is 0 Å². The smallest absolute Gasteiger partial charge is 0.223 e. The highest BCUT2D eigenvalue weighted by Gasteiger charge is 2.09. The van der Waals surface area contributed by atoms with E-state index >= 15 is 0 Å². The highest BCUT2D eigenvalue weighted by atomic mass is 32.1. The Labute approximate surface area is 105 Å². The third-order valence-corrected chi connectivity index (χ3v) is 3.59. The first-order chi connectivity index (χ1) is 8.29. The molecule has 2 aromatic rings. The summed E-state index contributed by atoms with van der Waals surface area (Å²) in [5.74, 6) is 1.40. The maximum Gasteiger partial charge on any atom is 0.223 e. The van der Waals surface area contributed by atoms with Crippen molar-refractivity contribution in [1.82, 2.24) is 15.5 Å². The van der Waals surface area contributed by atoms with Crippen LogP contribution in [-0.2, 0) is 6.42 Å². The van der Waals surface area contributed by atoms with Gasteiger partial charge in [0.2, 0.25) is 5.89 Å². The van der Waals surface area contributed by atoms with Crippen molar-refractivity contribution < 1.29 is 4.52 Å². The molecule has 0 saturated heterocycles. The summed E-state index contributed by atoms with van der Waals surface area (Å²) in [4.78, 5) is 5.57. The van der Waals surface area contributed by atoms with Gasteiger partial charge in [-0.15, -0.1) is 11.3 Å². The van der Waals surface area contributed by atoms with Crippen LogP contribution in [-0.4, -0.2) is 16.7 Å². The summed E-state index contributed by atoms with van der Waals surface area (Å²) in [6, 6.07) is 4.69. The predicted molar refractivity (Wildman–Crippen MR) is 68.1 cm³/mol. The molecule has 92 valence electrons. The van der Waals surface area contributed by atoms with Crippen molar-refractivity contribution in [2.24, 2.45) is 0 Å². The summed E-state index contributed by atoms with van der Waals surface area (Å²) < 4.78 is 4.93. The quantitative estimate of drug-likeness (QED) is 0.857. The van der Waals surface area contributed by atoms with Gasteiger partial charge in [0.1, 0.15) is 0 Å². The summed E-state index contributed by atoms with van der Waals surface area (Å²) >= 11 is 1.79. The van der Waals surface area contributed by atoms with Gasteiger partial charge < -0.3 is 9.84 Å². The molecule has 0 aromatic carbocycles. The van der Waals surface area contributed by atoms with Crippen LogP contribution in [0.4, 0.5) is 0 Å². The van der Waals surface area contributed by atoms with Crippen LogP contribution in [0.3, 0.4) is 0 Å². The van der Waals surface area contributed by atoms with E-state index in [-0.39, 0.29) is 0 Å². The SMILES string of the molecule is CCC(NCCc1noc(C)n1)c1cccs1. The molecule has 5 heteroatoms. The lowest BCUT2D eigenvalue weighted by atomic mass is 10.2. The van der Waals surface area contributed by atoms with Crippen molar-refractivity contribution in [3.63, 3.8) is 0 Å². The molecule has 0 saturated carbocycles. The van der Waals surface area contributed by atoms with Gasteiger partial charge in [-0.2, -0.15) is 4.98 Å². The van der Waals surface area contributed by atoms with Gasteiger partial charge >= 0.3 is 0 Å². The van der Waals surface area contributed by atoms with Crippen molar-refractivity contribution in [2.75, 3.05) is 6.54 Å². The number of thiophene rings is 1. The molecule has 0 aliphatic rings. The number of hydrogen-bond acceptors (Lipinski definition) is 5. The minimum Gasteiger partial charge on any atom is -0.340 e. The number of rotatable bonds is 6. The topological polar surface area (TPSA) is 51.0 Å². The summed E-state index contributed by atoms with van der Waals surface area (Å²) in [6.45, 7) is 4.87. The molecule has 4 nitrogen and oxygen atoms in total. The van der Waals surface area contributed by atoms with Gasteiger partial charge in [0.05, 0.1) is 0 Å². The first-order valence-electron chi connectivity index (χ1n) is 5.85. The number of aryl methyl sites for hydroxylation is 1. The molecule has 1 N–H and O–H groups in total. The van der Waals surface area contributed by atoms with Crippen LogP contribution in [0.5, 0.6) is 0 Å². The number of aromatic nitrogens is 2. The lowest BCUT2D eigenvalue weighted by Gasteiger charge is -2.14. The lowest BCUT2D eigenvalue weighted by molar-refractivity contribution is 0.386. The Morgan fingerprint density at radius 3 is 3.00 bits per heavy atom. The summed E-state index contributed by atoms with van der Waals surface area (Å²) in [5, 5.41) is 9.51. The highest BCUT2D eigenvalue weighted by molar-refractivity contribution is 7.10. The Hall–Kier alpha value is -1.20. The molecule has 0 spiro atoms. The Morgan fingerprint density at radius 1 is 1.53 bits per heavy atom. The first kappa shape index (κ1) is 12.3.